The van der Waals surface area contributed by atoms with Gasteiger partial charge in [-0.2, -0.15) is 5.90 Å². The Balaban J connectivity index is 2.03. The van der Waals surface area contributed by atoms with Gasteiger partial charge in [0, 0.05) is 11.1 Å². The van der Waals surface area contributed by atoms with Crippen molar-refractivity contribution in [3.8, 4) is 5.75 Å². The summed E-state index contributed by atoms with van der Waals surface area (Å²) in [4.78, 5) is 19.7. The van der Waals surface area contributed by atoms with Crippen LogP contribution in [-0.4, -0.2) is 5.91 Å². The number of hydrogen-bond donors (Lipinski definition) is 1. The Morgan fingerprint density at radius 3 is 2.43 bits per heavy atom. The molecule has 2 N–H and O–H groups in total. The second-order valence-corrected chi connectivity index (χ2v) is 5.92. The molecule has 3 aromatic carbocycles. The Morgan fingerprint density at radius 1 is 1.00 bits per heavy atom. The number of aryl methyl sites for hydroxylation is 2. The molecule has 0 saturated heterocycles. The van der Waals surface area contributed by atoms with Gasteiger partial charge in [-0.25, -0.2) is 0 Å². The Bertz CT molecular complexity index is 943. The summed E-state index contributed by atoms with van der Waals surface area (Å²) in [5, 5.41) is 1.89. The van der Waals surface area contributed by atoms with Crippen molar-refractivity contribution >= 4 is 28.1 Å². The minimum Gasteiger partial charge on any atom is -0.411 e. The van der Waals surface area contributed by atoms with E-state index in [1.807, 2.05) is 50.2 Å². The van der Waals surface area contributed by atoms with Crippen LogP contribution in [0.15, 0.2) is 48.5 Å². The number of carbonyl (C=O) groups excluding carboxylic acids is 1. The number of nitrogens with two attached hydrogens (primary N) is 1. The van der Waals surface area contributed by atoms with Gasteiger partial charge in [0.15, 0.2) is 5.75 Å². The van der Waals surface area contributed by atoms with Crippen LogP contribution in [0.4, 0.5) is 11.4 Å². The smallest absolute Gasteiger partial charge is 0.267 e. The van der Waals surface area contributed by atoms with Crippen molar-refractivity contribution in [1.82, 2.24) is 0 Å². The number of amides is 1. The monoisotopic (exact) mass is 304 g/mol. The van der Waals surface area contributed by atoms with E-state index in [1.54, 1.807) is 11.0 Å². The molecule has 23 heavy (non-hydrogen) atoms. The molecule has 0 radical (unpaired) electrons. The third-order valence-electron chi connectivity index (χ3n) is 4.23. The van der Waals surface area contributed by atoms with Crippen LogP contribution in [0.2, 0.25) is 0 Å². The van der Waals surface area contributed by atoms with Crippen molar-refractivity contribution < 1.29 is 9.63 Å². The molecule has 0 aromatic heterocycles. The molecule has 0 atom stereocenters. The van der Waals surface area contributed by atoms with Gasteiger partial charge in [-0.05, 0) is 54.6 Å². The minimum absolute atomic E-state index is 0.109. The zero-order valence-electron chi connectivity index (χ0n) is 13.0. The average molecular weight is 304 g/mol. The minimum atomic E-state index is -0.109. The maximum absolute atomic E-state index is 13.1. The molecule has 1 aliphatic heterocycles. The standard InChI is InChI=1S/C19H16N2O2/c1-11-8-12(2)10-14(9-11)21-15-5-3-4-13-6-7-16(23-20)18(17(13)15)19(21)22/h3-10H,20H2,1-2H3. The fraction of sp³-hybridized carbons (Fsp3) is 0.105. The Labute approximate surface area is 134 Å². The molecule has 4 nitrogen and oxygen atoms in total. The van der Waals surface area contributed by atoms with Crippen molar-refractivity contribution in [1.29, 1.82) is 0 Å². The van der Waals surface area contributed by atoms with Crippen LogP contribution >= 0.6 is 0 Å². The number of carbonyl (C=O) groups is 1. The van der Waals surface area contributed by atoms with Crippen LogP contribution in [0.5, 0.6) is 5.75 Å². The predicted molar refractivity (Wildman–Crippen MR) is 91.1 cm³/mol. The maximum Gasteiger partial charge on any atom is 0.267 e. The molecular weight excluding hydrogens is 288 g/mol. The van der Waals surface area contributed by atoms with Crippen molar-refractivity contribution in [2.24, 2.45) is 5.90 Å². The molecule has 4 rings (SSSR count). The first kappa shape index (κ1) is 13.8. The number of nitrogens with zero attached hydrogens (tertiary/aromatic N) is 1. The zero-order chi connectivity index (χ0) is 16.1. The predicted octanol–water partition coefficient (Wildman–Crippen LogP) is 4.00. The van der Waals surface area contributed by atoms with E-state index in [0.717, 1.165) is 33.3 Å². The SMILES string of the molecule is Cc1cc(C)cc(N2C(=O)c3c(ON)ccc4cccc2c34)c1. The first-order valence-corrected chi connectivity index (χ1v) is 7.45. The van der Waals surface area contributed by atoms with Crippen LogP contribution < -0.4 is 15.6 Å². The molecule has 0 saturated carbocycles. The van der Waals surface area contributed by atoms with Gasteiger partial charge in [0.2, 0.25) is 0 Å². The topological polar surface area (TPSA) is 55.6 Å². The lowest BCUT2D eigenvalue weighted by molar-refractivity contribution is 0.100. The van der Waals surface area contributed by atoms with Gasteiger partial charge in [-0.3, -0.25) is 9.69 Å². The van der Waals surface area contributed by atoms with Gasteiger partial charge in [0.05, 0.1) is 11.3 Å². The van der Waals surface area contributed by atoms with E-state index < -0.39 is 0 Å². The lowest BCUT2D eigenvalue weighted by atomic mass is 10.0. The average Bonchev–Trinajstić information content (AvgIpc) is 2.82. The van der Waals surface area contributed by atoms with Crippen LogP contribution in [-0.2, 0) is 0 Å². The largest absolute Gasteiger partial charge is 0.411 e. The fourth-order valence-corrected chi connectivity index (χ4v) is 3.39. The molecule has 4 heteroatoms. The maximum atomic E-state index is 13.1. The third-order valence-corrected chi connectivity index (χ3v) is 4.23. The molecule has 0 bridgehead atoms. The zero-order valence-corrected chi connectivity index (χ0v) is 13.0. The lowest BCUT2D eigenvalue weighted by Crippen LogP contribution is -2.22. The fourth-order valence-electron chi connectivity index (χ4n) is 3.39. The highest BCUT2D eigenvalue weighted by Crippen LogP contribution is 2.45. The van der Waals surface area contributed by atoms with Crippen LogP contribution in [0.1, 0.15) is 21.5 Å². The van der Waals surface area contributed by atoms with Crippen molar-refractivity contribution in [3.63, 3.8) is 0 Å². The van der Waals surface area contributed by atoms with E-state index in [0.29, 0.717) is 11.3 Å². The summed E-state index contributed by atoms with van der Waals surface area (Å²) in [6, 6.07) is 15.7. The number of benzene rings is 3. The number of hydrogen-bond acceptors (Lipinski definition) is 3. The highest BCUT2D eigenvalue weighted by Gasteiger charge is 2.34. The second kappa shape index (κ2) is 4.83. The second-order valence-electron chi connectivity index (χ2n) is 5.92. The molecule has 0 aliphatic carbocycles. The Morgan fingerprint density at radius 2 is 1.74 bits per heavy atom. The van der Waals surface area contributed by atoms with Crippen molar-refractivity contribution in [3.05, 3.63) is 65.2 Å². The van der Waals surface area contributed by atoms with Gasteiger partial charge >= 0.3 is 0 Å². The summed E-state index contributed by atoms with van der Waals surface area (Å²) < 4.78 is 0. The third kappa shape index (κ3) is 1.92. The summed E-state index contributed by atoms with van der Waals surface area (Å²) in [6.07, 6.45) is 0. The van der Waals surface area contributed by atoms with Gasteiger partial charge in [-0.1, -0.05) is 24.3 Å². The van der Waals surface area contributed by atoms with Gasteiger partial charge in [0.25, 0.3) is 5.91 Å². The lowest BCUT2D eigenvalue weighted by Gasteiger charge is -2.19. The quantitative estimate of drug-likeness (QED) is 0.728. The normalized spacial score (nSPS) is 13.0. The molecule has 1 amide bonds. The first-order valence-electron chi connectivity index (χ1n) is 7.45. The summed E-state index contributed by atoms with van der Waals surface area (Å²) in [7, 11) is 0. The molecule has 0 unspecified atom stereocenters. The van der Waals surface area contributed by atoms with Crippen molar-refractivity contribution in [2.75, 3.05) is 4.90 Å². The molecule has 114 valence electrons. The highest BCUT2D eigenvalue weighted by molar-refractivity contribution is 6.29. The van der Waals surface area contributed by atoms with E-state index in [1.165, 1.54) is 0 Å². The van der Waals surface area contributed by atoms with Gasteiger partial charge in [-0.15, -0.1) is 0 Å². The molecule has 3 aromatic rings. The number of rotatable bonds is 2. The van der Waals surface area contributed by atoms with E-state index in [-0.39, 0.29) is 5.91 Å². The summed E-state index contributed by atoms with van der Waals surface area (Å²) in [5.74, 6) is 5.66. The van der Waals surface area contributed by atoms with Crippen LogP contribution in [0.25, 0.3) is 10.8 Å². The number of anilines is 2. The van der Waals surface area contributed by atoms with E-state index >= 15 is 0 Å². The molecule has 1 aliphatic rings. The summed E-state index contributed by atoms with van der Waals surface area (Å²) >= 11 is 0. The van der Waals surface area contributed by atoms with Crippen molar-refractivity contribution in [2.45, 2.75) is 13.8 Å². The van der Waals surface area contributed by atoms with E-state index in [4.69, 9.17) is 10.7 Å². The highest BCUT2D eigenvalue weighted by atomic mass is 16.6. The van der Waals surface area contributed by atoms with Crippen LogP contribution in [0.3, 0.4) is 0 Å². The Kier molecular flexibility index (Phi) is 2.89. The van der Waals surface area contributed by atoms with Gasteiger partial charge < -0.3 is 4.84 Å². The molecule has 1 heterocycles. The molecular formula is C19H16N2O2. The molecule has 0 spiro atoms. The summed E-state index contributed by atoms with van der Waals surface area (Å²) in [6.45, 7) is 4.05. The van der Waals surface area contributed by atoms with Gasteiger partial charge in [0.1, 0.15) is 0 Å². The van der Waals surface area contributed by atoms with E-state index in [2.05, 4.69) is 6.07 Å². The summed E-state index contributed by atoms with van der Waals surface area (Å²) in [5.41, 5.74) is 4.49. The Hall–Kier alpha value is -2.85. The van der Waals surface area contributed by atoms with Crippen LogP contribution in [0, 0.1) is 13.8 Å². The van der Waals surface area contributed by atoms with E-state index in [9.17, 15) is 4.79 Å². The first-order chi connectivity index (χ1) is 11.1. The molecule has 0 fully saturated rings.